The molecule has 1 aliphatic heterocycles. The molecule has 1 N–H and O–H groups in total. The van der Waals surface area contributed by atoms with Gasteiger partial charge in [0.25, 0.3) is 11.8 Å². The maximum absolute atomic E-state index is 12.9. The number of urea groups is 1. The van der Waals surface area contributed by atoms with Crippen LogP contribution in [0.2, 0.25) is 0 Å². The van der Waals surface area contributed by atoms with Crippen LogP contribution in [0.4, 0.5) is 10.5 Å². The van der Waals surface area contributed by atoms with Gasteiger partial charge in [0, 0.05) is 0 Å². The molecule has 2 aromatic carbocycles. The Bertz CT molecular complexity index is 981. The van der Waals surface area contributed by atoms with Crippen LogP contribution in [0.1, 0.15) is 12.5 Å². The van der Waals surface area contributed by atoms with Crippen LogP contribution in [0, 0.1) is 0 Å². The van der Waals surface area contributed by atoms with Crippen LogP contribution >= 0.6 is 0 Å². The monoisotopic (exact) mass is 396 g/mol. The van der Waals surface area contributed by atoms with Crippen molar-refractivity contribution in [1.29, 1.82) is 0 Å². The number of carbonyl (C=O) groups is 3. The van der Waals surface area contributed by atoms with Crippen molar-refractivity contribution < 1.29 is 28.6 Å². The largest absolute Gasteiger partial charge is 0.494 e. The number of anilines is 1. The van der Waals surface area contributed by atoms with E-state index >= 15 is 0 Å². The number of imide groups is 2. The van der Waals surface area contributed by atoms with Gasteiger partial charge in [-0.25, -0.2) is 9.69 Å². The highest BCUT2D eigenvalue weighted by atomic mass is 16.5. The molecule has 0 bridgehead atoms. The van der Waals surface area contributed by atoms with E-state index in [9.17, 15) is 14.4 Å². The van der Waals surface area contributed by atoms with Crippen molar-refractivity contribution in [3.63, 3.8) is 0 Å². The highest BCUT2D eigenvalue weighted by molar-refractivity contribution is 6.39. The molecule has 150 valence electrons. The van der Waals surface area contributed by atoms with Crippen molar-refractivity contribution in [2.45, 2.75) is 6.92 Å². The molecule has 8 heteroatoms. The van der Waals surface area contributed by atoms with E-state index in [1.165, 1.54) is 20.3 Å². The molecule has 29 heavy (non-hydrogen) atoms. The third-order valence-corrected chi connectivity index (χ3v) is 4.23. The first kappa shape index (κ1) is 19.9. The van der Waals surface area contributed by atoms with E-state index in [1.807, 2.05) is 6.92 Å². The van der Waals surface area contributed by atoms with Crippen LogP contribution < -0.4 is 24.4 Å². The van der Waals surface area contributed by atoms with Crippen molar-refractivity contribution >= 4 is 29.6 Å². The summed E-state index contributed by atoms with van der Waals surface area (Å²) < 4.78 is 15.8. The molecule has 0 radical (unpaired) electrons. The van der Waals surface area contributed by atoms with Gasteiger partial charge in [-0.3, -0.25) is 14.9 Å². The van der Waals surface area contributed by atoms with Gasteiger partial charge in [0.1, 0.15) is 11.3 Å². The van der Waals surface area contributed by atoms with Gasteiger partial charge in [0.15, 0.2) is 11.5 Å². The number of ether oxygens (including phenoxy) is 3. The fraction of sp³-hybridized carbons (Fsp3) is 0.190. The number of benzene rings is 2. The molecule has 2 aromatic rings. The Hall–Kier alpha value is -3.81. The Morgan fingerprint density at radius 2 is 1.66 bits per heavy atom. The molecule has 1 aliphatic rings. The van der Waals surface area contributed by atoms with Gasteiger partial charge in [-0.15, -0.1) is 0 Å². The molecule has 0 atom stereocenters. The van der Waals surface area contributed by atoms with Crippen LogP contribution in [0.3, 0.4) is 0 Å². The summed E-state index contributed by atoms with van der Waals surface area (Å²) in [7, 11) is 2.99. The number of hydrogen-bond donors (Lipinski definition) is 1. The SMILES string of the molecule is CCOc1ccc(N2C(=O)NC(=O)/C(=C\c3ccc(OC)c(OC)c3)C2=O)cc1. The summed E-state index contributed by atoms with van der Waals surface area (Å²) in [5.74, 6) is 0.0816. The first-order chi connectivity index (χ1) is 14.0. The molecule has 0 saturated carbocycles. The minimum atomic E-state index is -0.811. The summed E-state index contributed by atoms with van der Waals surface area (Å²) in [5.41, 5.74) is 0.689. The van der Waals surface area contributed by atoms with Crippen LogP contribution in [0.5, 0.6) is 17.2 Å². The van der Waals surface area contributed by atoms with Gasteiger partial charge in [0.05, 0.1) is 26.5 Å². The molecule has 8 nitrogen and oxygen atoms in total. The number of barbiturate groups is 1. The van der Waals surface area contributed by atoms with Crippen LogP contribution in [0.15, 0.2) is 48.0 Å². The number of nitrogens with zero attached hydrogens (tertiary/aromatic N) is 1. The molecular formula is C21H20N2O6. The number of rotatable bonds is 6. The second-order valence-electron chi connectivity index (χ2n) is 6.00. The number of methoxy groups -OCH3 is 2. The molecule has 3 rings (SSSR count). The van der Waals surface area contributed by atoms with Gasteiger partial charge >= 0.3 is 6.03 Å². The number of carbonyl (C=O) groups excluding carboxylic acids is 3. The van der Waals surface area contributed by atoms with Gasteiger partial charge < -0.3 is 14.2 Å². The maximum atomic E-state index is 12.9. The minimum absolute atomic E-state index is 0.175. The fourth-order valence-corrected chi connectivity index (χ4v) is 2.86. The number of nitrogens with one attached hydrogen (secondary N) is 1. The zero-order valence-corrected chi connectivity index (χ0v) is 16.2. The molecule has 0 aromatic heterocycles. The molecule has 0 aliphatic carbocycles. The Labute approximate surface area is 167 Å². The Morgan fingerprint density at radius 1 is 0.966 bits per heavy atom. The van der Waals surface area contributed by atoms with Crippen molar-refractivity contribution in [3.8, 4) is 17.2 Å². The highest BCUT2D eigenvalue weighted by Crippen LogP contribution is 2.29. The minimum Gasteiger partial charge on any atom is -0.494 e. The van der Waals surface area contributed by atoms with E-state index in [0.717, 1.165) is 4.90 Å². The summed E-state index contributed by atoms with van der Waals surface area (Å²) in [4.78, 5) is 38.4. The lowest BCUT2D eigenvalue weighted by Gasteiger charge is -2.26. The topological polar surface area (TPSA) is 94.2 Å². The fourth-order valence-electron chi connectivity index (χ4n) is 2.86. The maximum Gasteiger partial charge on any atom is 0.335 e. The van der Waals surface area contributed by atoms with Gasteiger partial charge in [-0.1, -0.05) is 6.07 Å². The number of hydrogen-bond acceptors (Lipinski definition) is 6. The van der Waals surface area contributed by atoms with Crippen LogP contribution in [-0.2, 0) is 9.59 Å². The van der Waals surface area contributed by atoms with E-state index in [2.05, 4.69) is 5.32 Å². The van der Waals surface area contributed by atoms with Crippen molar-refractivity contribution in [1.82, 2.24) is 5.32 Å². The van der Waals surface area contributed by atoms with E-state index in [-0.39, 0.29) is 5.57 Å². The molecule has 1 fully saturated rings. The molecule has 1 heterocycles. The zero-order valence-electron chi connectivity index (χ0n) is 16.2. The average Bonchev–Trinajstić information content (AvgIpc) is 2.72. The highest BCUT2D eigenvalue weighted by Gasteiger charge is 2.36. The Kier molecular flexibility index (Phi) is 5.82. The first-order valence-corrected chi connectivity index (χ1v) is 8.84. The van der Waals surface area contributed by atoms with E-state index in [1.54, 1.807) is 42.5 Å². The van der Waals surface area contributed by atoms with Gasteiger partial charge in [-0.2, -0.15) is 0 Å². The third-order valence-electron chi connectivity index (χ3n) is 4.23. The van der Waals surface area contributed by atoms with E-state index in [4.69, 9.17) is 14.2 Å². The molecular weight excluding hydrogens is 376 g/mol. The molecule has 4 amide bonds. The summed E-state index contributed by atoms with van der Waals surface area (Å²) in [5, 5.41) is 2.19. The predicted octanol–water partition coefficient (Wildman–Crippen LogP) is 2.77. The lowest BCUT2D eigenvalue weighted by Crippen LogP contribution is -2.54. The van der Waals surface area contributed by atoms with Gasteiger partial charge in [0.2, 0.25) is 0 Å². The van der Waals surface area contributed by atoms with E-state index in [0.29, 0.717) is 35.1 Å². The lowest BCUT2D eigenvalue weighted by atomic mass is 10.1. The quantitative estimate of drug-likeness (QED) is 0.596. The summed E-state index contributed by atoms with van der Waals surface area (Å²) in [6.07, 6.45) is 1.40. The molecule has 0 spiro atoms. The standard InChI is InChI=1S/C21H20N2O6/c1-4-29-15-8-6-14(7-9-15)23-20(25)16(19(24)22-21(23)26)11-13-5-10-17(27-2)18(12-13)28-3/h5-12H,4H2,1-3H3,(H,22,24,26)/b16-11+. The van der Waals surface area contributed by atoms with Crippen LogP contribution in [0.25, 0.3) is 6.08 Å². The molecule has 1 saturated heterocycles. The number of amides is 4. The molecule has 0 unspecified atom stereocenters. The van der Waals surface area contributed by atoms with Crippen molar-refractivity contribution in [2.75, 3.05) is 25.7 Å². The first-order valence-electron chi connectivity index (χ1n) is 8.84. The van der Waals surface area contributed by atoms with Crippen LogP contribution in [-0.4, -0.2) is 38.7 Å². The third kappa shape index (κ3) is 4.06. The summed E-state index contributed by atoms with van der Waals surface area (Å²) >= 11 is 0. The normalized spacial score (nSPS) is 15.3. The van der Waals surface area contributed by atoms with Gasteiger partial charge in [-0.05, 0) is 55.0 Å². The Balaban J connectivity index is 1.95. The summed E-state index contributed by atoms with van der Waals surface area (Å²) in [6, 6.07) is 10.6. The smallest absolute Gasteiger partial charge is 0.335 e. The zero-order chi connectivity index (χ0) is 21.0. The average molecular weight is 396 g/mol. The second kappa shape index (κ2) is 8.47. The van der Waals surface area contributed by atoms with Crippen molar-refractivity contribution in [3.05, 3.63) is 53.6 Å². The predicted molar refractivity (Wildman–Crippen MR) is 106 cm³/mol. The Morgan fingerprint density at radius 3 is 2.28 bits per heavy atom. The van der Waals surface area contributed by atoms with E-state index < -0.39 is 17.8 Å². The lowest BCUT2D eigenvalue weighted by molar-refractivity contribution is -0.122. The van der Waals surface area contributed by atoms with Crippen molar-refractivity contribution in [2.24, 2.45) is 0 Å². The second-order valence-corrected chi connectivity index (χ2v) is 6.00. The summed E-state index contributed by atoms with van der Waals surface area (Å²) in [6.45, 7) is 2.35.